The van der Waals surface area contributed by atoms with Crippen molar-refractivity contribution in [2.75, 3.05) is 0 Å². The summed E-state index contributed by atoms with van der Waals surface area (Å²) >= 11 is 0. The van der Waals surface area contributed by atoms with Crippen LogP contribution < -0.4 is 0 Å². The summed E-state index contributed by atoms with van der Waals surface area (Å²) in [6, 6.07) is 16.7. The van der Waals surface area contributed by atoms with Gasteiger partial charge in [-0.05, 0) is 42.0 Å². The molecule has 5 rings (SSSR count). The van der Waals surface area contributed by atoms with E-state index in [1.807, 2.05) is 6.07 Å². The second-order valence-corrected chi connectivity index (χ2v) is 7.22. The quantitative estimate of drug-likeness (QED) is 0.465. The monoisotopic (exact) mass is 417 g/mol. The average Bonchev–Trinajstić information content (AvgIpc) is 3.50. The lowest BCUT2D eigenvalue weighted by Gasteiger charge is -2.24. The number of carbonyl (C=O) groups excluding carboxylic acids is 2. The lowest BCUT2D eigenvalue weighted by Crippen LogP contribution is -2.30. The number of para-hydroxylation sites is 1. The molecule has 2 aromatic heterocycles. The van der Waals surface area contributed by atoms with Crippen molar-refractivity contribution in [1.82, 2.24) is 4.90 Å². The third-order valence-electron chi connectivity index (χ3n) is 5.28. The van der Waals surface area contributed by atoms with Gasteiger partial charge in [0.25, 0.3) is 5.91 Å². The predicted molar refractivity (Wildman–Crippen MR) is 109 cm³/mol. The van der Waals surface area contributed by atoms with Crippen LogP contribution in [0.5, 0.6) is 0 Å². The third kappa shape index (κ3) is 3.20. The molecule has 1 aliphatic heterocycles. The Kier molecular flexibility index (Phi) is 4.43. The van der Waals surface area contributed by atoms with Gasteiger partial charge in [0.05, 0.1) is 11.8 Å². The van der Waals surface area contributed by atoms with Crippen LogP contribution in [0.25, 0.3) is 11.0 Å². The van der Waals surface area contributed by atoms with Crippen LogP contribution in [0.2, 0.25) is 0 Å². The SMILES string of the molecule is O=C(C1=C(O)C(=O)N(Cc2ccc(F)cc2)C1c1ccco1)c1cc2ccccc2o1. The number of Topliss-reactive ketones (excluding diaryl/α,β-unsaturated/α-hetero) is 1. The molecule has 6 nitrogen and oxygen atoms in total. The second-order valence-electron chi connectivity index (χ2n) is 7.22. The second kappa shape index (κ2) is 7.28. The van der Waals surface area contributed by atoms with Gasteiger partial charge in [-0.3, -0.25) is 9.59 Å². The van der Waals surface area contributed by atoms with Crippen molar-refractivity contribution in [1.29, 1.82) is 0 Å². The summed E-state index contributed by atoms with van der Waals surface area (Å²) in [5, 5.41) is 11.4. The molecule has 0 saturated heterocycles. The number of nitrogens with zero attached hydrogens (tertiary/aromatic N) is 1. The van der Waals surface area contributed by atoms with Crippen molar-refractivity contribution < 1.29 is 27.9 Å². The maximum Gasteiger partial charge on any atom is 0.290 e. The number of fused-ring (bicyclic) bond motifs is 1. The van der Waals surface area contributed by atoms with Gasteiger partial charge in [0.1, 0.15) is 23.2 Å². The Morgan fingerprint density at radius 2 is 1.84 bits per heavy atom. The number of hydrogen-bond acceptors (Lipinski definition) is 5. The fourth-order valence-corrected chi connectivity index (χ4v) is 3.80. The van der Waals surface area contributed by atoms with E-state index < -0.39 is 29.3 Å². The van der Waals surface area contributed by atoms with Crippen molar-refractivity contribution in [3.05, 3.63) is 107 Å². The van der Waals surface area contributed by atoms with Crippen molar-refractivity contribution >= 4 is 22.7 Å². The Morgan fingerprint density at radius 1 is 1.06 bits per heavy atom. The van der Waals surface area contributed by atoms with Gasteiger partial charge in [-0.2, -0.15) is 0 Å². The molecule has 3 heterocycles. The smallest absolute Gasteiger partial charge is 0.290 e. The number of amides is 1. The van der Waals surface area contributed by atoms with Gasteiger partial charge in [0.15, 0.2) is 11.5 Å². The standard InChI is InChI=1S/C24H16FNO5/c25-16-9-7-14(8-10-16)13-26-21(18-6-3-11-30-18)20(23(28)24(26)29)22(27)19-12-15-4-1-2-5-17(15)31-19/h1-12,21,28H,13H2. The number of ketones is 1. The zero-order chi connectivity index (χ0) is 21.5. The van der Waals surface area contributed by atoms with E-state index >= 15 is 0 Å². The molecule has 0 aliphatic carbocycles. The minimum atomic E-state index is -0.951. The molecule has 1 atom stereocenters. The van der Waals surface area contributed by atoms with Gasteiger partial charge in [0, 0.05) is 11.9 Å². The molecule has 0 saturated carbocycles. The van der Waals surface area contributed by atoms with Crippen LogP contribution in [0.1, 0.15) is 27.9 Å². The van der Waals surface area contributed by atoms with E-state index in [1.54, 1.807) is 36.4 Å². The summed E-state index contributed by atoms with van der Waals surface area (Å²) < 4.78 is 24.4. The number of aliphatic hydroxyl groups excluding tert-OH is 1. The Morgan fingerprint density at radius 3 is 2.55 bits per heavy atom. The normalized spacial score (nSPS) is 16.5. The first-order chi connectivity index (χ1) is 15.0. The van der Waals surface area contributed by atoms with Gasteiger partial charge < -0.3 is 18.8 Å². The molecule has 0 bridgehead atoms. The predicted octanol–water partition coefficient (Wildman–Crippen LogP) is 4.94. The van der Waals surface area contributed by atoms with E-state index in [-0.39, 0.29) is 17.9 Å². The topological polar surface area (TPSA) is 83.9 Å². The van der Waals surface area contributed by atoms with Crippen LogP contribution in [-0.4, -0.2) is 21.7 Å². The number of hydrogen-bond donors (Lipinski definition) is 1. The van der Waals surface area contributed by atoms with Gasteiger partial charge in [-0.15, -0.1) is 0 Å². The number of furan rings is 2. The van der Waals surface area contributed by atoms with Crippen molar-refractivity contribution in [2.24, 2.45) is 0 Å². The van der Waals surface area contributed by atoms with E-state index in [2.05, 4.69) is 0 Å². The fourth-order valence-electron chi connectivity index (χ4n) is 3.80. The first-order valence-corrected chi connectivity index (χ1v) is 9.58. The molecule has 1 unspecified atom stereocenters. The van der Waals surface area contributed by atoms with Gasteiger partial charge >= 0.3 is 0 Å². The minimum absolute atomic E-state index is 0.00994. The van der Waals surface area contributed by atoms with Crippen molar-refractivity contribution in [3.8, 4) is 0 Å². The molecule has 4 aromatic rings. The summed E-state index contributed by atoms with van der Waals surface area (Å²) in [6.45, 7) is 0.0471. The Bertz CT molecular complexity index is 1280. The summed E-state index contributed by atoms with van der Waals surface area (Å²) in [5.41, 5.74) is 1.03. The van der Waals surface area contributed by atoms with E-state index in [4.69, 9.17) is 8.83 Å². The zero-order valence-corrected chi connectivity index (χ0v) is 16.1. The molecule has 1 aliphatic rings. The highest BCUT2D eigenvalue weighted by atomic mass is 19.1. The van der Waals surface area contributed by atoms with Crippen molar-refractivity contribution in [2.45, 2.75) is 12.6 Å². The lowest BCUT2D eigenvalue weighted by atomic mass is 9.99. The number of aliphatic hydroxyl groups is 1. The molecule has 0 radical (unpaired) electrons. The maximum atomic E-state index is 13.3. The summed E-state index contributed by atoms with van der Waals surface area (Å²) in [4.78, 5) is 27.6. The summed E-state index contributed by atoms with van der Waals surface area (Å²) in [6.07, 6.45) is 1.43. The molecule has 0 spiro atoms. The van der Waals surface area contributed by atoms with Gasteiger partial charge in [-0.25, -0.2) is 4.39 Å². The highest BCUT2D eigenvalue weighted by Crippen LogP contribution is 2.40. The lowest BCUT2D eigenvalue weighted by molar-refractivity contribution is -0.130. The summed E-state index contributed by atoms with van der Waals surface area (Å²) in [7, 11) is 0. The first-order valence-electron chi connectivity index (χ1n) is 9.58. The number of carbonyl (C=O) groups is 2. The van der Waals surface area contributed by atoms with E-state index in [0.717, 1.165) is 5.39 Å². The Balaban J connectivity index is 1.56. The van der Waals surface area contributed by atoms with E-state index in [9.17, 15) is 19.1 Å². The molecule has 1 N–H and O–H groups in total. The van der Waals surface area contributed by atoms with Crippen LogP contribution in [0.3, 0.4) is 0 Å². The molecular weight excluding hydrogens is 401 g/mol. The molecule has 1 amide bonds. The molecular formula is C24H16FNO5. The first kappa shape index (κ1) is 18.9. The Labute approximate surface area is 175 Å². The highest BCUT2D eigenvalue weighted by Gasteiger charge is 2.45. The Hall–Kier alpha value is -4.13. The van der Waals surface area contributed by atoms with Crippen LogP contribution in [0.4, 0.5) is 4.39 Å². The van der Waals surface area contributed by atoms with Crippen molar-refractivity contribution in [3.63, 3.8) is 0 Å². The number of rotatable bonds is 5. The number of benzene rings is 2. The largest absolute Gasteiger partial charge is 0.503 e. The van der Waals surface area contributed by atoms with Crippen LogP contribution in [-0.2, 0) is 11.3 Å². The molecule has 7 heteroatoms. The zero-order valence-electron chi connectivity index (χ0n) is 16.1. The molecule has 31 heavy (non-hydrogen) atoms. The van der Waals surface area contributed by atoms with Gasteiger partial charge in [-0.1, -0.05) is 30.3 Å². The third-order valence-corrected chi connectivity index (χ3v) is 5.28. The van der Waals surface area contributed by atoms with Crippen LogP contribution in [0, 0.1) is 5.82 Å². The fraction of sp³-hybridized carbons (Fsp3) is 0.0833. The van der Waals surface area contributed by atoms with Crippen LogP contribution in [0.15, 0.2) is 93.2 Å². The van der Waals surface area contributed by atoms with E-state index in [0.29, 0.717) is 16.9 Å². The minimum Gasteiger partial charge on any atom is -0.503 e. The highest BCUT2D eigenvalue weighted by molar-refractivity contribution is 6.15. The average molecular weight is 417 g/mol. The molecule has 0 fully saturated rings. The maximum absolute atomic E-state index is 13.3. The molecule has 2 aromatic carbocycles. The van der Waals surface area contributed by atoms with Crippen LogP contribution >= 0.6 is 0 Å². The summed E-state index contributed by atoms with van der Waals surface area (Å²) in [5.74, 6) is -2.06. The van der Waals surface area contributed by atoms with Gasteiger partial charge in [0.2, 0.25) is 5.78 Å². The molecule has 154 valence electrons. The number of halogens is 1. The van der Waals surface area contributed by atoms with E-state index in [1.165, 1.54) is 35.4 Å².